The van der Waals surface area contributed by atoms with Gasteiger partial charge in [0.2, 0.25) is 0 Å². The number of aromatic nitrogens is 3. The zero-order valence-electron chi connectivity index (χ0n) is 11.0. The van der Waals surface area contributed by atoms with Crippen molar-refractivity contribution < 1.29 is 4.79 Å². The Morgan fingerprint density at radius 1 is 1.14 bits per heavy atom. The van der Waals surface area contributed by atoms with E-state index in [2.05, 4.69) is 15.3 Å². The molecule has 5 nitrogen and oxygen atoms in total. The van der Waals surface area contributed by atoms with E-state index >= 15 is 0 Å². The number of carbonyl (C=O) groups excluding carboxylic acids is 1. The zero-order valence-corrected chi connectivity index (χ0v) is 11.8. The fourth-order valence-corrected chi connectivity index (χ4v) is 2.25. The van der Waals surface area contributed by atoms with Gasteiger partial charge >= 0.3 is 0 Å². The summed E-state index contributed by atoms with van der Waals surface area (Å²) in [6, 6.07) is 14.8. The van der Waals surface area contributed by atoms with Crippen LogP contribution in [0.5, 0.6) is 0 Å². The molecule has 0 radical (unpaired) electrons. The maximum Gasteiger partial charge on any atom is 0.275 e. The van der Waals surface area contributed by atoms with Crippen LogP contribution in [0.25, 0.3) is 5.69 Å². The number of nitrogens with one attached hydrogen (secondary N) is 2. The second-order valence-corrected chi connectivity index (χ2v) is 4.71. The molecule has 0 saturated carbocycles. The highest BCUT2D eigenvalue weighted by molar-refractivity contribution is 7.71. The maximum atomic E-state index is 12.4. The molecule has 0 bridgehead atoms. The molecule has 1 aromatic carbocycles. The van der Waals surface area contributed by atoms with E-state index in [4.69, 9.17) is 12.2 Å². The van der Waals surface area contributed by atoms with Crippen molar-refractivity contribution in [1.29, 1.82) is 0 Å². The number of hydrogen-bond donors (Lipinski definition) is 2. The summed E-state index contributed by atoms with van der Waals surface area (Å²) in [5, 5.41) is 2.74. The number of imidazole rings is 1. The minimum Gasteiger partial charge on any atom is -0.336 e. The molecule has 1 amide bonds. The average Bonchev–Trinajstić information content (AvgIpc) is 2.91. The third-order valence-electron chi connectivity index (χ3n) is 2.93. The van der Waals surface area contributed by atoms with Crippen molar-refractivity contribution in [2.45, 2.75) is 0 Å². The SMILES string of the molecule is O=C(Nc1ccccn1)c1c[nH]c(=S)n1-c1ccccc1. The van der Waals surface area contributed by atoms with E-state index in [1.807, 2.05) is 36.4 Å². The molecule has 3 rings (SSSR count). The Kier molecular flexibility index (Phi) is 3.61. The third kappa shape index (κ3) is 2.75. The summed E-state index contributed by atoms with van der Waals surface area (Å²) in [5.41, 5.74) is 1.26. The van der Waals surface area contributed by atoms with Crippen LogP contribution in [0, 0.1) is 4.77 Å². The summed E-state index contributed by atoms with van der Waals surface area (Å²) in [6.45, 7) is 0. The molecule has 0 saturated heterocycles. The molecule has 3 aromatic rings. The number of aromatic amines is 1. The second kappa shape index (κ2) is 5.72. The van der Waals surface area contributed by atoms with Crippen molar-refractivity contribution in [3.8, 4) is 5.69 Å². The normalized spacial score (nSPS) is 10.3. The van der Waals surface area contributed by atoms with Gasteiger partial charge in [0.1, 0.15) is 11.5 Å². The molecule has 2 heterocycles. The minimum atomic E-state index is -0.273. The van der Waals surface area contributed by atoms with Gasteiger partial charge in [0, 0.05) is 18.1 Å². The maximum absolute atomic E-state index is 12.4. The highest BCUT2D eigenvalue weighted by Crippen LogP contribution is 2.14. The van der Waals surface area contributed by atoms with E-state index in [0.717, 1.165) is 5.69 Å². The summed E-state index contributed by atoms with van der Waals surface area (Å²) in [4.78, 5) is 19.4. The molecule has 6 heteroatoms. The predicted molar refractivity (Wildman–Crippen MR) is 83.1 cm³/mol. The third-order valence-corrected chi connectivity index (χ3v) is 3.23. The van der Waals surface area contributed by atoms with Crippen LogP contribution in [0.4, 0.5) is 5.82 Å². The lowest BCUT2D eigenvalue weighted by atomic mass is 10.3. The largest absolute Gasteiger partial charge is 0.336 e. The lowest BCUT2D eigenvalue weighted by Gasteiger charge is -2.08. The summed E-state index contributed by atoms with van der Waals surface area (Å²) >= 11 is 5.25. The molecule has 0 atom stereocenters. The monoisotopic (exact) mass is 296 g/mol. The van der Waals surface area contributed by atoms with Crippen LogP contribution in [-0.2, 0) is 0 Å². The zero-order chi connectivity index (χ0) is 14.7. The van der Waals surface area contributed by atoms with Crippen molar-refractivity contribution in [3.05, 3.63) is 71.4 Å². The molecule has 0 aliphatic rings. The number of H-pyrrole nitrogens is 1. The molecule has 2 aromatic heterocycles. The van der Waals surface area contributed by atoms with Crippen molar-refractivity contribution in [3.63, 3.8) is 0 Å². The first-order valence-electron chi connectivity index (χ1n) is 6.34. The van der Waals surface area contributed by atoms with Gasteiger partial charge < -0.3 is 10.3 Å². The van der Waals surface area contributed by atoms with E-state index in [0.29, 0.717) is 16.3 Å². The van der Waals surface area contributed by atoms with Crippen molar-refractivity contribution in [2.24, 2.45) is 0 Å². The van der Waals surface area contributed by atoms with E-state index in [-0.39, 0.29) is 5.91 Å². The molecule has 0 unspecified atom stereocenters. The summed E-state index contributed by atoms with van der Waals surface area (Å²) < 4.78 is 2.15. The second-order valence-electron chi connectivity index (χ2n) is 4.32. The van der Waals surface area contributed by atoms with Gasteiger partial charge in [-0.2, -0.15) is 0 Å². The molecule has 0 aliphatic heterocycles. The standard InChI is InChI=1S/C15H12N4OS/c20-14(18-13-8-4-5-9-16-13)12-10-17-15(21)19(12)11-6-2-1-3-7-11/h1-10H,(H,17,21)(H,16,18,20). The highest BCUT2D eigenvalue weighted by Gasteiger charge is 2.14. The van der Waals surface area contributed by atoms with Crippen molar-refractivity contribution in [2.75, 3.05) is 5.32 Å². The van der Waals surface area contributed by atoms with Gasteiger partial charge in [-0.05, 0) is 36.5 Å². The molecule has 0 fully saturated rings. The Hall–Kier alpha value is -2.73. The van der Waals surface area contributed by atoms with Crippen molar-refractivity contribution >= 4 is 23.9 Å². The Morgan fingerprint density at radius 3 is 2.62 bits per heavy atom. The first-order chi connectivity index (χ1) is 10.3. The molecular formula is C15H12N4OS. The average molecular weight is 296 g/mol. The van der Waals surface area contributed by atoms with E-state index in [1.165, 1.54) is 0 Å². The van der Waals surface area contributed by atoms with Crippen molar-refractivity contribution in [1.82, 2.24) is 14.5 Å². The van der Waals surface area contributed by atoms with E-state index in [9.17, 15) is 4.79 Å². The van der Waals surface area contributed by atoms with Crippen LogP contribution < -0.4 is 5.32 Å². The summed E-state index contributed by atoms with van der Waals surface area (Å²) in [6.07, 6.45) is 3.21. The van der Waals surface area contributed by atoms with Crippen LogP contribution in [0.3, 0.4) is 0 Å². The first kappa shape index (κ1) is 13.3. The summed E-state index contributed by atoms with van der Waals surface area (Å²) in [7, 11) is 0. The molecule has 104 valence electrons. The number of rotatable bonds is 3. The van der Waals surface area contributed by atoms with Gasteiger partial charge in [0.25, 0.3) is 5.91 Å². The van der Waals surface area contributed by atoms with Crippen LogP contribution >= 0.6 is 12.2 Å². The topological polar surface area (TPSA) is 62.7 Å². The highest BCUT2D eigenvalue weighted by atomic mass is 32.1. The number of para-hydroxylation sites is 1. The quantitative estimate of drug-likeness (QED) is 0.730. The Balaban J connectivity index is 1.97. The van der Waals surface area contributed by atoms with Gasteiger partial charge in [0.15, 0.2) is 4.77 Å². The number of carbonyl (C=O) groups is 1. The van der Waals surface area contributed by atoms with Crippen LogP contribution in [0.2, 0.25) is 0 Å². The van der Waals surface area contributed by atoms with Crippen LogP contribution in [0.15, 0.2) is 60.9 Å². The number of anilines is 1. The lowest BCUT2D eigenvalue weighted by Crippen LogP contribution is -2.17. The first-order valence-corrected chi connectivity index (χ1v) is 6.75. The lowest BCUT2D eigenvalue weighted by molar-refractivity contribution is 0.102. The van der Waals surface area contributed by atoms with Gasteiger partial charge in [-0.3, -0.25) is 9.36 Å². The minimum absolute atomic E-state index is 0.273. The van der Waals surface area contributed by atoms with Gasteiger partial charge in [-0.15, -0.1) is 0 Å². The van der Waals surface area contributed by atoms with Gasteiger partial charge in [-0.1, -0.05) is 24.3 Å². The molecule has 2 N–H and O–H groups in total. The number of nitrogens with zero attached hydrogens (tertiary/aromatic N) is 2. The van der Waals surface area contributed by atoms with E-state index in [1.54, 1.807) is 29.1 Å². The fraction of sp³-hybridized carbons (Fsp3) is 0. The molecule has 21 heavy (non-hydrogen) atoms. The smallest absolute Gasteiger partial charge is 0.275 e. The molecule has 0 spiro atoms. The molecule has 0 aliphatic carbocycles. The van der Waals surface area contributed by atoms with Gasteiger partial charge in [-0.25, -0.2) is 4.98 Å². The summed E-state index contributed by atoms with van der Waals surface area (Å²) in [5.74, 6) is 0.221. The number of amides is 1. The Morgan fingerprint density at radius 2 is 1.90 bits per heavy atom. The Bertz CT molecular complexity index is 808. The van der Waals surface area contributed by atoms with Crippen LogP contribution in [-0.4, -0.2) is 20.4 Å². The fourth-order valence-electron chi connectivity index (χ4n) is 1.99. The Labute approximate surface area is 126 Å². The number of pyridine rings is 1. The number of hydrogen-bond acceptors (Lipinski definition) is 3. The van der Waals surface area contributed by atoms with E-state index < -0.39 is 0 Å². The van der Waals surface area contributed by atoms with Gasteiger partial charge in [0.05, 0.1) is 0 Å². The predicted octanol–water partition coefficient (Wildman–Crippen LogP) is 3.18. The van der Waals surface area contributed by atoms with Crippen LogP contribution in [0.1, 0.15) is 10.5 Å². The number of benzene rings is 1. The molecular weight excluding hydrogens is 284 g/mol.